The van der Waals surface area contributed by atoms with E-state index in [1.165, 1.54) is 0 Å². The number of anilines is 1. The molecule has 2 amide bonds. The van der Waals surface area contributed by atoms with E-state index in [1.807, 2.05) is 31.2 Å². The van der Waals surface area contributed by atoms with Crippen molar-refractivity contribution in [1.29, 1.82) is 0 Å². The number of carbonyl (C=O) groups is 2. The van der Waals surface area contributed by atoms with Gasteiger partial charge in [0.15, 0.2) is 12.1 Å². The second kappa shape index (κ2) is 5.97. The summed E-state index contributed by atoms with van der Waals surface area (Å²) < 4.78 is 0. The van der Waals surface area contributed by atoms with Crippen molar-refractivity contribution in [2.24, 2.45) is 10.3 Å². The van der Waals surface area contributed by atoms with Gasteiger partial charge in [-0.1, -0.05) is 58.8 Å². The van der Waals surface area contributed by atoms with Crippen molar-refractivity contribution < 1.29 is 9.59 Å². The molecular formula is C18H15ClN4O2. The van der Waals surface area contributed by atoms with Crippen molar-refractivity contribution in [3.63, 3.8) is 0 Å². The molecule has 4 rings (SSSR count). The van der Waals surface area contributed by atoms with Crippen LogP contribution >= 0.6 is 11.6 Å². The van der Waals surface area contributed by atoms with Gasteiger partial charge in [0.1, 0.15) is 0 Å². The molecule has 126 valence electrons. The van der Waals surface area contributed by atoms with E-state index in [9.17, 15) is 9.59 Å². The summed E-state index contributed by atoms with van der Waals surface area (Å²) >= 11 is 6.16. The Bertz CT molecular complexity index is 881. The lowest BCUT2D eigenvalue weighted by Gasteiger charge is -2.21. The molecule has 0 aromatic heterocycles. The molecule has 6 nitrogen and oxygen atoms in total. The van der Waals surface area contributed by atoms with Gasteiger partial charge in [-0.2, -0.15) is 5.11 Å². The van der Waals surface area contributed by atoms with Crippen LogP contribution in [0.2, 0.25) is 5.02 Å². The van der Waals surface area contributed by atoms with Crippen molar-refractivity contribution >= 4 is 29.1 Å². The Morgan fingerprint density at radius 2 is 1.76 bits per heavy atom. The fourth-order valence-electron chi connectivity index (χ4n) is 3.10. The predicted molar refractivity (Wildman–Crippen MR) is 93.1 cm³/mol. The third-order valence-electron chi connectivity index (χ3n) is 4.42. The van der Waals surface area contributed by atoms with Crippen molar-refractivity contribution in [3.05, 3.63) is 64.7 Å². The third-order valence-corrected chi connectivity index (χ3v) is 4.74. The topological polar surface area (TPSA) is 65.3 Å². The number of carbonyl (C=O) groups excluding carboxylic acids is 2. The van der Waals surface area contributed by atoms with Gasteiger partial charge in [-0.05, 0) is 24.6 Å². The number of hydrogen-bond donors (Lipinski definition) is 0. The summed E-state index contributed by atoms with van der Waals surface area (Å²) in [6.45, 7) is 2.43. The molecule has 0 N–H and O–H groups in total. The summed E-state index contributed by atoms with van der Waals surface area (Å²) in [6.07, 6.45) is 0. The van der Waals surface area contributed by atoms with Crippen LogP contribution in [0.15, 0.2) is 58.9 Å². The summed E-state index contributed by atoms with van der Waals surface area (Å²) in [4.78, 5) is 26.7. The largest absolute Gasteiger partial charge is 0.271 e. The zero-order valence-corrected chi connectivity index (χ0v) is 14.2. The number of amides is 2. The quantitative estimate of drug-likeness (QED) is 0.795. The molecule has 0 aliphatic carbocycles. The molecule has 2 unspecified atom stereocenters. The minimum absolute atomic E-state index is 0.347. The van der Waals surface area contributed by atoms with Crippen molar-refractivity contribution in [2.45, 2.75) is 25.6 Å². The van der Waals surface area contributed by atoms with Gasteiger partial charge in [-0.15, -0.1) is 0 Å². The van der Waals surface area contributed by atoms with Crippen LogP contribution in [0.3, 0.4) is 0 Å². The average molecular weight is 355 g/mol. The van der Waals surface area contributed by atoms with E-state index in [0.29, 0.717) is 17.3 Å². The van der Waals surface area contributed by atoms with Gasteiger partial charge in [-0.25, -0.2) is 4.90 Å². The van der Waals surface area contributed by atoms with Crippen molar-refractivity contribution in [2.75, 3.05) is 4.90 Å². The first-order valence-electron chi connectivity index (χ1n) is 7.91. The zero-order chi connectivity index (χ0) is 17.6. The van der Waals surface area contributed by atoms with Crippen LogP contribution in [0.4, 0.5) is 5.69 Å². The maximum absolute atomic E-state index is 12.9. The van der Waals surface area contributed by atoms with Gasteiger partial charge in [0.25, 0.3) is 11.8 Å². The second-order valence-electron chi connectivity index (χ2n) is 6.14. The highest BCUT2D eigenvalue weighted by atomic mass is 35.5. The molecule has 2 aliphatic rings. The number of benzene rings is 2. The van der Waals surface area contributed by atoms with Gasteiger partial charge in [0.2, 0.25) is 0 Å². The van der Waals surface area contributed by atoms with E-state index in [-0.39, 0.29) is 5.91 Å². The molecule has 2 atom stereocenters. The van der Waals surface area contributed by atoms with Crippen LogP contribution in [-0.4, -0.2) is 28.9 Å². The molecule has 0 spiro atoms. The maximum Gasteiger partial charge on any atom is 0.263 e. The standard InChI is InChI=1S/C18H15ClN4O2/c1-11-6-8-12(9-7-11)10-22-16-15(20-21-22)17(24)23(18(16)25)14-5-3-2-4-13(14)19/h2-9,15-16H,10H2,1H3. The van der Waals surface area contributed by atoms with Crippen LogP contribution in [0.25, 0.3) is 0 Å². The van der Waals surface area contributed by atoms with Gasteiger partial charge in [-0.3, -0.25) is 14.6 Å². The average Bonchev–Trinajstić information content (AvgIpc) is 3.12. The van der Waals surface area contributed by atoms with Gasteiger partial charge in [0.05, 0.1) is 17.3 Å². The first kappa shape index (κ1) is 15.8. The van der Waals surface area contributed by atoms with Crippen LogP contribution in [0.5, 0.6) is 0 Å². The maximum atomic E-state index is 12.9. The monoisotopic (exact) mass is 354 g/mol. The minimum atomic E-state index is -0.811. The molecule has 0 bridgehead atoms. The minimum Gasteiger partial charge on any atom is -0.271 e. The molecule has 1 fully saturated rings. The van der Waals surface area contributed by atoms with E-state index >= 15 is 0 Å². The Morgan fingerprint density at radius 1 is 1.04 bits per heavy atom. The van der Waals surface area contributed by atoms with Crippen molar-refractivity contribution in [1.82, 2.24) is 5.01 Å². The molecule has 2 aromatic carbocycles. The first-order valence-corrected chi connectivity index (χ1v) is 8.29. The molecule has 0 radical (unpaired) electrons. The van der Waals surface area contributed by atoms with Crippen LogP contribution in [-0.2, 0) is 16.1 Å². The number of fused-ring (bicyclic) bond motifs is 1. The Morgan fingerprint density at radius 3 is 2.48 bits per heavy atom. The summed E-state index contributed by atoms with van der Waals surface area (Å²) in [5, 5.41) is 10.0. The van der Waals surface area contributed by atoms with Crippen LogP contribution < -0.4 is 4.90 Å². The van der Waals surface area contributed by atoms with Gasteiger partial charge >= 0.3 is 0 Å². The highest BCUT2D eigenvalue weighted by Crippen LogP contribution is 2.35. The molecule has 2 aromatic rings. The Hall–Kier alpha value is -2.73. The number of nitrogens with zero attached hydrogens (tertiary/aromatic N) is 4. The lowest BCUT2D eigenvalue weighted by molar-refractivity contribution is -0.123. The van der Waals surface area contributed by atoms with Crippen molar-refractivity contribution in [3.8, 4) is 0 Å². The summed E-state index contributed by atoms with van der Waals surface area (Å²) in [7, 11) is 0. The lowest BCUT2D eigenvalue weighted by atomic mass is 10.1. The molecule has 1 saturated heterocycles. The number of halogens is 1. The number of hydrogen-bond acceptors (Lipinski definition) is 5. The Labute approximate surface area is 149 Å². The highest BCUT2D eigenvalue weighted by molar-refractivity contribution is 6.36. The Kier molecular flexibility index (Phi) is 3.77. The molecule has 2 aliphatic heterocycles. The molecule has 7 heteroatoms. The predicted octanol–water partition coefficient (Wildman–Crippen LogP) is 3.14. The van der Waals surface area contributed by atoms with Gasteiger partial charge in [0, 0.05) is 0 Å². The number of rotatable bonds is 3. The first-order chi connectivity index (χ1) is 12.1. The van der Waals surface area contributed by atoms with Crippen LogP contribution in [0, 0.1) is 6.92 Å². The SMILES string of the molecule is Cc1ccc(CN2N=NC3C(=O)N(c4ccccc4Cl)C(=O)C32)cc1. The molecule has 2 heterocycles. The fourth-order valence-corrected chi connectivity index (χ4v) is 3.33. The Balaban J connectivity index is 1.62. The fraction of sp³-hybridized carbons (Fsp3) is 0.222. The molecule has 25 heavy (non-hydrogen) atoms. The second-order valence-corrected chi connectivity index (χ2v) is 6.55. The number of aryl methyl sites for hydroxylation is 1. The molecule has 0 saturated carbocycles. The smallest absolute Gasteiger partial charge is 0.263 e. The summed E-state index contributed by atoms with van der Waals surface area (Å²) in [6, 6.07) is 13.2. The van der Waals surface area contributed by atoms with E-state index in [4.69, 9.17) is 11.6 Å². The van der Waals surface area contributed by atoms with Gasteiger partial charge < -0.3 is 0 Å². The van der Waals surface area contributed by atoms with E-state index in [0.717, 1.165) is 16.0 Å². The highest BCUT2D eigenvalue weighted by Gasteiger charge is 2.55. The van der Waals surface area contributed by atoms with E-state index in [2.05, 4.69) is 10.3 Å². The van der Waals surface area contributed by atoms with E-state index in [1.54, 1.807) is 29.3 Å². The third kappa shape index (κ3) is 2.59. The normalized spacial score (nSPS) is 22.0. The number of para-hydroxylation sites is 1. The summed E-state index contributed by atoms with van der Waals surface area (Å²) in [5.74, 6) is -0.738. The number of imide groups is 1. The van der Waals surface area contributed by atoms with Crippen LogP contribution in [0.1, 0.15) is 11.1 Å². The zero-order valence-electron chi connectivity index (χ0n) is 13.5. The molecular weight excluding hydrogens is 340 g/mol. The summed E-state index contributed by atoms with van der Waals surface area (Å²) in [5.41, 5.74) is 2.54. The van der Waals surface area contributed by atoms with E-state index < -0.39 is 18.0 Å². The lowest BCUT2D eigenvalue weighted by Crippen LogP contribution is -2.39.